The minimum atomic E-state index is 0. The average molecular weight is 428 g/mol. The van der Waals surface area contributed by atoms with E-state index in [4.69, 9.17) is 0 Å². The van der Waals surface area contributed by atoms with E-state index in [1.54, 1.807) is 0 Å². The summed E-state index contributed by atoms with van der Waals surface area (Å²) in [5.41, 5.74) is 0. The molecule has 44 valence electrons. The predicted octanol–water partition coefficient (Wildman–Crippen LogP) is -6.03. The topological polar surface area (TPSA) is 94.5 Å². The molecule has 0 bridgehead atoms. The maximum absolute atomic E-state index is 0. The van der Waals surface area contributed by atoms with E-state index in [9.17, 15) is 0 Å². The summed E-state index contributed by atoms with van der Waals surface area (Å²) in [4.78, 5) is 0. The number of hydrogen-bond donors (Lipinski definition) is 0. The molecule has 0 aliphatic heterocycles. The van der Waals surface area contributed by atoms with Crippen molar-refractivity contribution in [2.45, 2.75) is 0 Å². The van der Waals surface area contributed by atoms with Crippen LogP contribution in [0.2, 0.25) is 0 Å². The molecule has 0 amide bonds. The molecule has 0 aromatic carbocycles. The van der Waals surface area contributed by atoms with Gasteiger partial charge in [0, 0.05) is 19.5 Å². The second kappa shape index (κ2) is 66.5. The second-order valence-corrected chi connectivity index (χ2v) is 0. The average Bonchev–Trinajstić information content (AvgIpc) is 0. The molecule has 0 fully saturated rings. The summed E-state index contributed by atoms with van der Waals surface area (Å²) in [5, 5.41) is 0. The van der Waals surface area contributed by atoms with Crippen molar-refractivity contribution in [3.8, 4) is 0 Å². The molecule has 0 aliphatic rings. The van der Waals surface area contributed by atoms with E-state index in [-0.39, 0.29) is 107 Å². The van der Waals surface area contributed by atoms with Gasteiger partial charge in [0.25, 0.3) is 0 Å². The van der Waals surface area contributed by atoms with E-state index >= 15 is 0 Å². The minimum absolute atomic E-state index is 0. The maximum atomic E-state index is 0. The number of rotatable bonds is 0. The fourth-order valence-electron chi connectivity index (χ4n) is 0. The fraction of sp³-hybridized carbons (Fsp3) is 0. The van der Waals surface area contributed by atoms with Crippen LogP contribution in [0, 0.1) is 0 Å². The zero-order valence-electron chi connectivity index (χ0n) is 2.21. The van der Waals surface area contributed by atoms with E-state index in [1.165, 1.54) is 0 Å². The zero-order valence-corrected chi connectivity index (χ0v) is 5.17. The summed E-state index contributed by atoms with van der Waals surface area (Å²) in [6, 6.07) is 0. The quantitative estimate of drug-likeness (QED) is 0.344. The third-order valence-electron chi connectivity index (χ3n) is 0. The molecule has 0 rings (SSSR count). The van der Waals surface area contributed by atoms with Crippen LogP contribution in [-0.2, 0) is 19.5 Å². The fourth-order valence-corrected chi connectivity index (χ4v) is 0. The van der Waals surface area contributed by atoms with Crippen LogP contribution in [0.1, 0.15) is 0 Å². The van der Waals surface area contributed by atoms with Crippen LogP contribution in [0.5, 0.6) is 0 Å². The van der Waals surface area contributed by atoms with Crippen molar-refractivity contribution in [2.75, 3.05) is 0 Å². The summed E-state index contributed by atoms with van der Waals surface area (Å²) in [6.45, 7) is 0. The molecule has 7 heavy (non-hydrogen) atoms. The molecule has 0 aromatic heterocycles. The van der Waals surface area contributed by atoms with E-state index in [2.05, 4.69) is 0 Å². The Kier molecular flexibility index (Phi) is 892. The first kappa shape index (κ1) is 93.9. The van der Waals surface area contributed by atoms with E-state index in [1.807, 2.05) is 0 Å². The normalized spacial score (nSPS) is 0. The molecule has 0 heterocycles. The van der Waals surface area contributed by atoms with Crippen molar-refractivity contribution in [3.05, 3.63) is 0 Å². The molecule has 0 atom stereocenters. The third-order valence-corrected chi connectivity index (χ3v) is 0. The Bertz CT molecular complexity index is 12.9. The van der Waals surface area contributed by atoms with E-state index < -0.39 is 0 Å². The molecule has 0 aromatic rings. The van der Waals surface area contributed by atoms with Gasteiger partial charge >= 0.3 is 71.5 Å². The van der Waals surface area contributed by atoms with Crippen molar-refractivity contribution >= 4 is 71.5 Å². The molecule has 0 spiro atoms. The first-order valence-corrected chi connectivity index (χ1v) is 0. The first-order valence-electron chi connectivity index (χ1n) is 0. The Morgan fingerprint density at radius 1 is 0.571 bits per heavy atom. The molecule has 0 aliphatic carbocycles. The Morgan fingerprint density at radius 3 is 0.571 bits per heavy atom. The summed E-state index contributed by atoms with van der Waals surface area (Å²) < 4.78 is 0. The van der Waals surface area contributed by atoms with Gasteiger partial charge < -0.3 is 16.4 Å². The Hall–Kier alpha value is 2.88. The predicted molar refractivity (Wildman–Crippen MR) is 40.7 cm³/mol. The van der Waals surface area contributed by atoms with Crippen LogP contribution < -0.4 is 0 Å². The summed E-state index contributed by atoms with van der Waals surface area (Å²) in [7, 11) is 0. The summed E-state index contributed by atoms with van der Waals surface area (Å²) >= 11 is 0. The van der Waals surface area contributed by atoms with Crippen molar-refractivity contribution in [3.63, 3.8) is 0 Å². The van der Waals surface area contributed by atoms with Gasteiger partial charge in [-0.15, -0.1) is 0 Å². The van der Waals surface area contributed by atoms with Crippen molar-refractivity contribution < 1.29 is 35.9 Å². The molecule has 3 nitrogen and oxygen atoms in total. The van der Waals surface area contributed by atoms with Gasteiger partial charge in [-0.3, -0.25) is 0 Å². The van der Waals surface area contributed by atoms with Crippen LogP contribution in [-0.4, -0.2) is 87.9 Å². The van der Waals surface area contributed by atoms with E-state index in [0.717, 1.165) is 0 Å². The van der Waals surface area contributed by atoms with Gasteiger partial charge in [-0.05, 0) is 0 Å². The largest absolute Gasteiger partial charge is 0 e. The summed E-state index contributed by atoms with van der Waals surface area (Å²) in [6.07, 6.45) is 0. The van der Waals surface area contributed by atoms with Gasteiger partial charge in [0.2, 0.25) is 0 Å². The van der Waals surface area contributed by atoms with Gasteiger partial charge in [-0.25, -0.2) is 0 Å². The molecule has 0 unspecified atom stereocenters. The Morgan fingerprint density at radius 2 is 0.571 bits per heavy atom. The monoisotopic (exact) mass is 426 g/mol. The van der Waals surface area contributed by atoms with Gasteiger partial charge in [0.1, 0.15) is 0 Å². The Labute approximate surface area is 106 Å². The molecule has 6 N–H and O–H groups in total. The van der Waals surface area contributed by atoms with Gasteiger partial charge in [0.15, 0.2) is 0 Å². The molecular formula is H15GaIn2O3Zn. The van der Waals surface area contributed by atoms with Crippen LogP contribution in [0.3, 0.4) is 0 Å². The van der Waals surface area contributed by atoms with Crippen LogP contribution in [0.15, 0.2) is 0 Å². The molecule has 0 saturated heterocycles. The smallest absolute Gasteiger partial charge is 0 e. The van der Waals surface area contributed by atoms with Crippen molar-refractivity contribution in [1.29, 1.82) is 0 Å². The molecular weight excluding hydrogens is 413 g/mol. The first-order chi connectivity index (χ1) is 0. The molecule has 0 radical (unpaired) electrons. The van der Waals surface area contributed by atoms with Gasteiger partial charge in [-0.1, -0.05) is 0 Å². The van der Waals surface area contributed by atoms with Crippen LogP contribution in [0.25, 0.3) is 0 Å². The minimum Gasteiger partial charge on any atom is 0 e. The van der Waals surface area contributed by atoms with E-state index in [0.29, 0.717) is 0 Å². The third kappa shape index (κ3) is 50.7. The molecule has 0 saturated carbocycles. The SMILES string of the molecule is O.O.O.[GaH3].[InH3].[InH3].[Zn]. The van der Waals surface area contributed by atoms with Crippen LogP contribution in [0.4, 0.5) is 0 Å². The second-order valence-electron chi connectivity index (χ2n) is 0. The standard InChI is InChI=1S/Ga.2In.3H2O.Zn.9H/h;;;3*1H2;;;;;;;;;;. The maximum Gasteiger partial charge on any atom is 0 e. The van der Waals surface area contributed by atoms with Crippen LogP contribution >= 0.6 is 0 Å². The Balaban J connectivity index is 0. The van der Waals surface area contributed by atoms with Gasteiger partial charge in [-0.2, -0.15) is 0 Å². The molecule has 7 heteroatoms. The summed E-state index contributed by atoms with van der Waals surface area (Å²) in [5.74, 6) is 0. The van der Waals surface area contributed by atoms with Crippen molar-refractivity contribution in [1.82, 2.24) is 0 Å². The van der Waals surface area contributed by atoms with Crippen molar-refractivity contribution in [2.24, 2.45) is 0 Å². The van der Waals surface area contributed by atoms with Gasteiger partial charge in [0.05, 0.1) is 0 Å². The zero-order chi connectivity index (χ0) is 0. The number of hydrogen-bond acceptors (Lipinski definition) is 0.